The van der Waals surface area contributed by atoms with E-state index in [2.05, 4.69) is 28.5 Å². The Morgan fingerprint density at radius 2 is 1.43 bits per heavy atom. The molecule has 2 saturated heterocycles. The van der Waals surface area contributed by atoms with Crippen LogP contribution >= 0.6 is 0 Å². The fourth-order valence-corrected chi connectivity index (χ4v) is 4.80. The van der Waals surface area contributed by atoms with E-state index in [0.29, 0.717) is 5.41 Å². The fraction of sp³-hybridized carbons (Fsp3) is 1.00. The van der Waals surface area contributed by atoms with Crippen LogP contribution in [0.25, 0.3) is 0 Å². The molecule has 4 nitrogen and oxygen atoms in total. The summed E-state index contributed by atoms with van der Waals surface area (Å²) in [7, 11) is 0. The normalized spacial score (nSPS) is 27.4. The Morgan fingerprint density at radius 1 is 0.783 bits per heavy atom. The maximum Gasteiger partial charge on any atom is 0.0594 e. The summed E-state index contributed by atoms with van der Waals surface area (Å²) in [5.41, 5.74) is 0.375. The number of nitrogens with zero attached hydrogens (tertiary/aromatic N) is 3. The van der Waals surface area contributed by atoms with Gasteiger partial charge < -0.3 is 9.64 Å². The molecule has 0 atom stereocenters. The van der Waals surface area contributed by atoms with Gasteiger partial charge in [-0.1, -0.05) is 26.7 Å². The van der Waals surface area contributed by atoms with Gasteiger partial charge in [0, 0.05) is 45.3 Å². The topological polar surface area (TPSA) is 19.0 Å². The summed E-state index contributed by atoms with van der Waals surface area (Å²) >= 11 is 0. The highest BCUT2D eigenvalue weighted by molar-refractivity contribution is 4.84. The number of hydrogen-bond acceptors (Lipinski definition) is 4. The van der Waals surface area contributed by atoms with Crippen molar-refractivity contribution < 1.29 is 4.74 Å². The van der Waals surface area contributed by atoms with E-state index in [1.54, 1.807) is 0 Å². The molecule has 0 aromatic heterocycles. The van der Waals surface area contributed by atoms with Gasteiger partial charge in [-0.15, -0.1) is 0 Å². The lowest BCUT2D eigenvalue weighted by Gasteiger charge is -2.38. The average Bonchev–Trinajstić information content (AvgIpc) is 2.96. The van der Waals surface area contributed by atoms with Crippen molar-refractivity contribution in [1.82, 2.24) is 14.7 Å². The third-order valence-electron chi connectivity index (χ3n) is 5.87. The van der Waals surface area contributed by atoms with Crippen molar-refractivity contribution in [3.05, 3.63) is 0 Å². The summed E-state index contributed by atoms with van der Waals surface area (Å²) in [5.74, 6) is 0. The van der Waals surface area contributed by atoms with E-state index in [1.807, 2.05) is 0 Å². The molecule has 2 aliphatic heterocycles. The molecule has 23 heavy (non-hydrogen) atoms. The van der Waals surface area contributed by atoms with Gasteiger partial charge >= 0.3 is 0 Å². The molecule has 0 aromatic carbocycles. The Balaban J connectivity index is 1.45. The van der Waals surface area contributed by atoms with Crippen LogP contribution in [0.1, 0.15) is 46.0 Å². The molecule has 134 valence electrons. The largest absolute Gasteiger partial charge is 0.379 e. The van der Waals surface area contributed by atoms with Gasteiger partial charge in [0.25, 0.3) is 0 Å². The van der Waals surface area contributed by atoms with Crippen LogP contribution in [0.2, 0.25) is 0 Å². The van der Waals surface area contributed by atoms with E-state index in [4.69, 9.17) is 4.74 Å². The van der Waals surface area contributed by atoms with E-state index < -0.39 is 0 Å². The predicted molar refractivity (Wildman–Crippen MR) is 95.9 cm³/mol. The lowest BCUT2D eigenvalue weighted by molar-refractivity contribution is 0.0152. The molecule has 3 aliphatic rings. The van der Waals surface area contributed by atoms with E-state index in [1.165, 1.54) is 71.4 Å². The van der Waals surface area contributed by atoms with E-state index >= 15 is 0 Å². The minimum absolute atomic E-state index is 0.375. The van der Waals surface area contributed by atoms with E-state index in [9.17, 15) is 0 Å². The molecule has 0 amide bonds. The van der Waals surface area contributed by atoms with Crippen LogP contribution in [0.3, 0.4) is 0 Å². The summed E-state index contributed by atoms with van der Waals surface area (Å²) < 4.78 is 5.48. The molecular weight excluding hydrogens is 286 g/mol. The van der Waals surface area contributed by atoms with Gasteiger partial charge in [0.1, 0.15) is 0 Å². The Hall–Kier alpha value is -0.160. The molecule has 2 heterocycles. The van der Waals surface area contributed by atoms with Crippen molar-refractivity contribution in [2.45, 2.75) is 52.0 Å². The van der Waals surface area contributed by atoms with Crippen molar-refractivity contribution in [3.8, 4) is 0 Å². The molecule has 3 fully saturated rings. The fourth-order valence-electron chi connectivity index (χ4n) is 4.80. The molecule has 0 radical (unpaired) electrons. The van der Waals surface area contributed by atoms with Gasteiger partial charge in [0.15, 0.2) is 0 Å². The number of hydrogen-bond donors (Lipinski definition) is 0. The zero-order valence-corrected chi connectivity index (χ0v) is 15.4. The van der Waals surface area contributed by atoms with Crippen molar-refractivity contribution in [2.75, 3.05) is 65.6 Å². The number of morpholine rings is 1. The number of ether oxygens (including phenoxy) is 1. The van der Waals surface area contributed by atoms with Gasteiger partial charge in [0.2, 0.25) is 0 Å². The van der Waals surface area contributed by atoms with Crippen LogP contribution in [-0.2, 0) is 4.74 Å². The molecule has 4 heteroatoms. The van der Waals surface area contributed by atoms with Gasteiger partial charge in [0.05, 0.1) is 13.2 Å². The zero-order valence-electron chi connectivity index (χ0n) is 15.4. The monoisotopic (exact) mass is 323 g/mol. The average molecular weight is 324 g/mol. The quantitative estimate of drug-likeness (QED) is 0.773. The standard InChI is InChI=1S/C19H37N3O/c1-19(2,17-21-12-14-23-15-13-21)16-20-8-5-9-22(11-10-20)18-6-3-4-7-18/h18H,3-17H2,1-2H3. The molecule has 3 rings (SSSR count). The first-order valence-electron chi connectivity index (χ1n) is 9.89. The molecule has 0 spiro atoms. The van der Waals surface area contributed by atoms with Crippen LogP contribution in [0.4, 0.5) is 0 Å². The molecule has 0 aromatic rings. The Morgan fingerprint density at radius 3 is 2.13 bits per heavy atom. The van der Waals surface area contributed by atoms with E-state index in [-0.39, 0.29) is 0 Å². The summed E-state index contributed by atoms with van der Waals surface area (Å²) in [4.78, 5) is 8.11. The Bertz CT molecular complexity index is 349. The lowest BCUT2D eigenvalue weighted by atomic mass is 9.91. The van der Waals surface area contributed by atoms with Crippen LogP contribution in [0.5, 0.6) is 0 Å². The van der Waals surface area contributed by atoms with Gasteiger partial charge in [-0.3, -0.25) is 9.80 Å². The first kappa shape index (κ1) is 17.7. The van der Waals surface area contributed by atoms with Crippen LogP contribution < -0.4 is 0 Å². The van der Waals surface area contributed by atoms with Crippen molar-refractivity contribution in [1.29, 1.82) is 0 Å². The third kappa shape index (κ3) is 5.42. The van der Waals surface area contributed by atoms with Crippen LogP contribution in [0, 0.1) is 5.41 Å². The summed E-state index contributed by atoms with van der Waals surface area (Å²) in [6, 6.07) is 0.899. The third-order valence-corrected chi connectivity index (χ3v) is 5.87. The zero-order chi connectivity index (χ0) is 16.1. The molecule has 1 saturated carbocycles. The van der Waals surface area contributed by atoms with Crippen molar-refractivity contribution >= 4 is 0 Å². The van der Waals surface area contributed by atoms with Crippen molar-refractivity contribution in [2.24, 2.45) is 5.41 Å². The second-order valence-corrected chi connectivity index (χ2v) is 8.66. The second kappa shape index (κ2) is 8.28. The molecule has 0 unspecified atom stereocenters. The smallest absolute Gasteiger partial charge is 0.0594 e. The SMILES string of the molecule is CC(C)(CN1CCOCC1)CN1CCCN(C2CCCC2)CC1. The molecule has 0 bridgehead atoms. The first-order valence-corrected chi connectivity index (χ1v) is 9.89. The lowest BCUT2D eigenvalue weighted by Crippen LogP contribution is -2.46. The summed E-state index contributed by atoms with van der Waals surface area (Å²) in [5, 5.41) is 0. The Labute approximate surface area is 143 Å². The number of rotatable bonds is 5. The minimum atomic E-state index is 0.375. The highest BCUT2D eigenvalue weighted by atomic mass is 16.5. The minimum Gasteiger partial charge on any atom is -0.379 e. The highest BCUT2D eigenvalue weighted by Crippen LogP contribution is 2.25. The molecular formula is C19H37N3O. The van der Waals surface area contributed by atoms with Gasteiger partial charge in [-0.25, -0.2) is 0 Å². The highest BCUT2D eigenvalue weighted by Gasteiger charge is 2.29. The summed E-state index contributed by atoms with van der Waals surface area (Å²) in [6.07, 6.45) is 7.16. The second-order valence-electron chi connectivity index (χ2n) is 8.66. The molecule has 1 aliphatic carbocycles. The maximum atomic E-state index is 5.48. The Kier molecular flexibility index (Phi) is 6.36. The van der Waals surface area contributed by atoms with Crippen molar-refractivity contribution in [3.63, 3.8) is 0 Å². The predicted octanol–water partition coefficient (Wildman–Crippen LogP) is 2.30. The summed E-state index contributed by atoms with van der Waals surface area (Å²) in [6.45, 7) is 16.6. The van der Waals surface area contributed by atoms with Gasteiger partial charge in [-0.2, -0.15) is 0 Å². The first-order chi connectivity index (χ1) is 11.1. The van der Waals surface area contributed by atoms with E-state index in [0.717, 1.165) is 32.3 Å². The van der Waals surface area contributed by atoms with Crippen LogP contribution in [-0.4, -0.2) is 86.3 Å². The van der Waals surface area contributed by atoms with Crippen LogP contribution in [0.15, 0.2) is 0 Å². The van der Waals surface area contributed by atoms with Gasteiger partial charge in [-0.05, 0) is 37.8 Å². The molecule has 0 N–H and O–H groups in total. The maximum absolute atomic E-state index is 5.48.